The third kappa shape index (κ3) is 4.53. The van der Waals surface area contributed by atoms with E-state index in [0.717, 1.165) is 44.7 Å². The van der Waals surface area contributed by atoms with Crippen molar-refractivity contribution in [3.05, 3.63) is 35.6 Å². The molecule has 2 aliphatic heterocycles. The topological polar surface area (TPSA) is 53.0 Å². The second-order valence-electron chi connectivity index (χ2n) is 6.74. The molecule has 132 valence electrons. The van der Waals surface area contributed by atoms with E-state index >= 15 is 0 Å². The molecule has 2 aliphatic rings. The van der Waals surface area contributed by atoms with E-state index < -0.39 is 11.9 Å². The van der Waals surface area contributed by atoms with Gasteiger partial charge >= 0.3 is 5.97 Å². The molecule has 0 aromatic heterocycles. The lowest BCUT2D eigenvalue weighted by atomic mass is 10.0. The van der Waals surface area contributed by atoms with E-state index in [0.29, 0.717) is 25.7 Å². The number of ether oxygens (including phenoxy) is 1. The van der Waals surface area contributed by atoms with Crippen LogP contribution in [0.2, 0.25) is 0 Å². The first kappa shape index (κ1) is 17.3. The minimum atomic E-state index is -0.738. The Morgan fingerprint density at radius 3 is 2.54 bits per heavy atom. The van der Waals surface area contributed by atoms with Crippen LogP contribution in [0.5, 0.6) is 0 Å². The largest absolute Gasteiger partial charge is 0.481 e. The lowest BCUT2D eigenvalue weighted by Gasteiger charge is -2.34. The number of carboxylic acids is 1. The molecule has 1 aromatic carbocycles. The van der Waals surface area contributed by atoms with Crippen LogP contribution in [-0.4, -0.2) is 66.3 Å². The summed E-state index contributed by atoms with van der Waals surface area (Å²) in [6.45, 7) is 5.02. The Bertz CT molecular complexity index is 546. The predicted molar refractivity (Wildman–Crippen MR) is 88.2 cm³/mol. The highest BCUT2D eigenvalue weighted by molar-refractivity contribution is 5.70. The summed E-state index contributed by atoms with van der Waals surface area (Å²) in [5.74, 6) is -1.38. The maximum atomic E-state index is 13.0. The van der Waals surface area contributed by atoms with Gasteiger partial charge in [0.1, 0.15) is 5.82 Å². The molecule has 2 fully saturated rings. The summed E-state index contributed by atoms with van der Waals surface area (Å²) in [5, 5.41) is 9.57. The van der Waals surface area contributed by atoms with Crippen molar-refractivity contribution in [2.75, 3.05) is 39.4 Å². The van der Waals surface area contributed by atoms with E-state index in [4.69, 9.17) is 4.74 Å². The average Bonchev–Trinajstić information content (AvgIpc) is 2.81. The van der Waals surface area contributed by atoms with Gasteiger partial charge in [0.05, 0.1) is 5.92 Å². The molecule has 2 saturated heterocycles. The Hall–Kier alpha value is -1.50. The molecule has 0 radical (unpaired) electrons. The quantitative estimate of drug-likeness (QED) is 0.909. The summed E-state index contributed by atoms with van der Waals surface area (Å²) >= 11 is 0. The highest BCUT2D eigenvalue weighted by Crippen LogP contribution is 2.20. The van der Waals surface area contributed by atoms with Gasteiger partial charge in [-0.3, -0.25) is 14.6 Å². The van der Waals surface area contributed by atoms with Crippen LogP contribution in [0.25, 0.3) is 0 Å². The van der Waals surface area contributed by atoms with Gasteiger partial charge in [-0.25, -0.2) is 4.39 Å². The molecule has 0 amide bonds. The fourth-order valence-electron chi connectivity index (χ4n) is 3.63. The van der Waals surface area contributed by atoms with E-state index in [1.54, 1.807) is 12.1 Å². The number of halogens is 1. The summed E-state index contributed by atoms with van der Waals surface area (Å²) in [6, 6.07) is 6.87. The fraction of sp³-hybridized carbons (Fsp3) is 0.611. The first-order valence-electron chi connectivity index (χ1n) is 8.63. The number of benzene rings is 1. The number of hydrogen-bond donors (Lipinski definition) is 1. The van der Waals surface area contributed by atoms with Gasteiger partial charge in [-0.05, 0) is 30.5 Å². The molecule has 1 aromatic rings. The van der Waals surface area contributed by atoms with Gasteiger partial charge in [0.2, 0.25) is 0 Å². The van der Waals surface area contributed by atoms with Crippen LogP contribution in [0.4, 0.5) is 4.39 Å². The van der Waals surface area contributed by atoms with Gasteiger partial charge in [0, 0.05) is 52.0 Å². The maximum Gasteiger partial charge on any atom is 0.309 e. The first-order valence-corrected chi connectivity index (χ1v) is 8.63. The van der Waals surface area contributed by atoms with Crippen LogP contribution < -0.4 is 0 Å². The van der Waals surface area contributed by atoms with Gasteiger partial charge in [0.15, 0.2) is 0 Å². The lowest BCUT2D eigenvalue weighted by molar-refractivity contribution is -0.142. The van der Waals surface area contributed by atoms with Crippen LogP contribution in [-0.2, 0) is 16.1 Å². The van der Waals surface area contributed by atoms with Crippen LogP contribution >= 0.6 is 0 Å². The highest BCUT2D eigenvalue weighted by atomic mass is 19.1. The molecule has 0 bridgehead atoms. The Kier molecular flexibility index (Phi) is 5.81. The highest BCUT2D eigenvalue weighted by Gasteiger charge is 2.31. The van der Waals surface area contributed by atoms with Crippen molar-refractivity contribution in [2.45, 2.75) is 25.4 Å². The number of nitrogens with zero attached hydrogens (tertiary/aromatic N) is 2. The van der Waals surface area contributed by atoms with Crippen molar-refractivity contribution in [3.8, 4) is 0 Å². The molecule has 0 saturated carbocycles. The van der Waals surface area contributed by atoms with E-state index in [1.807, 2.05) is 0 Å². The Morgan fingerprint density at radius 1 is 1.17 bits per heavy atom. The van der Waals surface area contributed by atoms with Crippen LogP contribution in [0.3, 0.4) is 0 Å². The van der Waals surface area contributed by atoms with Gasteiger partial charge in [-0.2, -0.15) is 0 Å². The zero-order chi connectivity index (χ0) is 16.9. The molecule has 1 atom stereocenters. The van der Waals surface area contributed by atoms with Crippen molar-refractivity contribution >= 4 is 5.97 Å². The maximum absolute atomic E-state index is 13.0. The number of carboxylic acid groups (broad SMARTS) is 1. The minimum absolute atomic E-state index is 0.247. The molecule has 5 nitrogen and oxygen atoms in total. The zero-order valence-electron chi connectivity index (χ0n) is 13.9. The molecular formula is C18H25FN2O3. The molecule has 1 N–H and O–H groups in total. The lowest BCUT2D eigenvalue weighted by Crippen LogP contribution is -2.43. The van der Waals surface area contributed by atoms with Crippen molar-refractivity contribution in [1.29, 1.82) is 0 Å². The van der Waals surface area contributed by atoms with Crippen molar-refractivity contribution in [1.82, 2.24) is 9.80 Å². The second-order valence-corrected chi connectivity index (χ2v) is 6.74. The smallest absolute Gasteiger partial charge is 0.309 e. The summed E-state index contributed by atoms with van der Waals surface area (Å²) < 4.78 is 18.5. The third-order valence-electron chi connectivity index (χ3n) is 5.01. The molecule has 0 unspecified atom stereocenters. The van der Waals surface area contributed by atoms with E-state index in [2.05, 4.69) is 9.80 Å². The zero-order valence-corrected chi connectivity index (χ0v) is 13.9. The molecule has 2 heterocycles. The molecule has 24 heavy (non-hydrogen) atoms. The SMILES string of the molecule is O=C(O)[C@@H]1CN(Cc2ccc(F)cc2)CCN(C2CCOCC2)C1. The standard InChI is InChI=1S/C18H25FN2O3/c19-16-3-1-14(2-4-16)11-20-7-8-21(13-15(12-20)18(22)23)17-5-9-24-10-6-17/h1-4,15,17H,5-13H2,(H,22,23)/t15-/m1/s1. The molecule has 0 aliphatic carbocycles. The van der Waals surface area contributed by atoms with E-state index in [9.17, 15) is 14.3 Å². The van der Waals surface area contributed by atoms with Gasteiger partial charge < -0.3 is 9.84 Å². The number of rotatable bonds is 4. The third-order valence-corrected chi connectivity index (χ3v) is 5.01. The van der Waals surface area contributed by atoms with Crippen LogP contribution in [0.1, 0.15) is 18.4 Å². The van der Waals surface area contributed by atoms with Gasteiger partial charge in [-0.15, -0.1) is 0 Å². The minimum Gasteiger partial charge on any atom is -0.481 e. The Labute approximate surface area is 142 Å². The summed E-state index contributed by atoms with van der Waals surface area (Å²) in [6.07, 6.45) is 1.95. The monoisotopic (exact) mass is 336 g/mol. The second kappa shape index (κ2) is 8.05. The first-order chi connectivity index (χ1) is 11.6. The molecule has 6 heteroatoms. The van der Waals surface area contributed by atoms with Crippen LogP contribution in [0.15, 0.2) is 24.3 Å². The molecular weight excluding hydrogens is 311 g/mol. The van der Waals surface area contributed by atoms with Crippen molar-refractivity contribution < 1.29 is 19.0 Å². The summed E-state index contributed by atoms with van der Waals surface area (Å²) in [4.78, 5) is 16.1. The normalized spacial score (nSPS) is 24.6. The Morgan fingerprint density at radius 2 is 1.88 bits per heavy atom. The average molecular weight is 336 g/mol. The van der Waals surface area contributed by atoms with E-state index in [1.165, 1.54) is 12.1 Å². The van der Waals surface area contributed by atoms with Crippen LogP contribution in [0, 0.1) is 11.7 Å². The van der Waals surface area contributed by atoms with Gasteiger partial charge in [-0.1, -0.05) is 12.1 Å². The Balaban J connectivity index is 1.66. The molecule has 3 rings (SSSR count). The molecule has 0 spiro atoms. The predicted octanol–water partition coefficient (Wildman–Crippen LogP) is 1.82. The van der Waals surface area contributed by atoms with Crippen molar-refractivity contribution in [2.24, 2.45) is 5.92 Å². The number of aliphatic carboxylic acids is 1. The number of carbonyl (C=O) groups is 1. The number of hydrogen-bond acceptors (Lipinski definition) is 4. The fourth-order valence-corrected chi connectivity index (χ4v) is 3.63. The summed E-state index contributed by atoms with van der Waals surface area (Å²) in [7, 11) is 0. The van der Waals surface area contributed by atoms with E-state index in [-0.39, 0.29) is 5.82 Å². The summed E-state index contributed by atoms with van der Waals surface area (Å²) in [5.41, 5.74) is 1.01. The van der Waals surface area contributed by atoms with Crippen molar-refractivity contribution in [3.63, 3.8) is 0 Å². The van der Waals surface area contributed by atoms with Gasteiger partial charge in [0.25, 0.3) is 0 Å².